The molecule has 0 saturated carbocycles. The summed E-state index contributed by atoms with van der Waals surface area (Å²) in [7, 11) is 0. The number of nitrogens with one attached hydrogen (secondary N) is 1. The van der Waals surface area contributed by atoms with Gasteiger partial charge in [0.25, 0.3) is 0 Å². The number of aryl methyl sites for hydroxylation is 1. The van der Waals surface area contributed by atoms with Crippen molar-refractivity contribution in [3.8, 4) is 0 Å². The van der Waals surface area contributed by atoms with Crippen molar-refractivity contribution in [3.63, 3.8) is 0 Å². The van der Waals surface area contributed by atoms with Crippen molar-refractivity contribution in [1.82, 2.24) is 5.32 Å². The smallest absolute Gasteiger partial charge is 0.123 e. The van der Waals surface area contributed by atoms with Gasteiger partial charge in [-0.25, -0.2) is 4.39 Å². The Balaban J connectivity index is 1.69. The topological polar surface area (TPSA) is 12.0 Å². The fourth-order valence-electron chi connectivity index (χ4n) is 2.42. The van der Waals surface area contributed by atoms with Crippen LogP contribution in [0.1, 0.15) is 43.9 Å². The van der Waals surface area contributed by atoms with E-state index in [2.05, 4.69) is 50.4 Å². The van der Waals surface area contributed by atoms with Gasteiger partial charge in [0, 0.05) is 6.54 Å². The van der Waals surface area contributed by atoms with Crippen molar-refractivity contribution in [2.75, 3.05) is 6.54 Å². The van der Waals surface area contributed by atoms with Gasteiger partial charge in [0.15, 0.2) is 0 Å². The highest BCUT2D eigenvalue weighted by Crippen LogP contribution is 2.22. The minimum Gasteiger partial charge on any atom is -0.313 e. The standard InChI is InChI=1S/C20H26FN/c1-20(2,3)18-10-6-17(7-11-18)15-22-14-4-5-16-8-12-19(21)13-9-16/h6-13,22H,4-5,14-15H2,1-3H3. The van der Waals surface area contributed by atoms with Gasteiger partial charge in [-0.2, -0.15) is 0 Å². The van der Waals surface area contributed by atoms with E-state index in [0.717, 1.165) is 25.9 Å². The summed E-state index contributed by atoms with van der Waals surface area (Å²) in [6, 6.07) is 15.6. The molecule has 2 rings (SSSR count). The third-order valence-corrected chi connectivity index (χ3v) is 3.88. The summed E-state index contributed by atoms with van der Waals surface area (Å²) in [4.78, 5) is 0. The van der Waals surface area contributed by atoms with Crippen LogP contribution in [0, 0.1) is 5.82 Å². The molecule has 0 heterocycles. The second-order valence-electron chi connectivity index (χ2n) is 6.85. The first-order chi connectivity index (χ1) is 10.4. The summed E-state index contributed by atoms with van der Waals surface area (Å²) < 4.78 is 12.8. The van der Waals surface area contributed by atoms with Crippen LogP contribution in [0.2, 0.25) is 0 Å². The molecule has 0 unspecified atom stereocenters. The molecule has 0 atom stereocenters. The van der Waals surface area contributed by atoms with E-state index >= 15 is 0 Å². The highest BCUT2D eigenvalue weighted by atomic mass is 19.1. The Kier molecular flexibility index (Phi) is 5.73. The van der Waals surface area contributed by atoms with Gasteiger partial charge in [0.2, 0.25) is 0 Å². The summed E-state index contributed by atoms with van der Waals surface area (Å²) in [6.45, 7) is 8.56. The molecule has 0 aromatic heterocycles. The van der Waals surface area contributed by atoms with Crippen molar-refractivity contribution in [2.45, 2.75) is 45.6 Å². The summed E-state index contributed by atoms with van der Waals surface area (Å²) in [5.74, 6) is -0.166. The molecule has 0 fully saturated rings. The Hall–Kier alpha value is -1.67. The fraction of sp³-hybridized carbons (Fsp3) is 0.400. The Morgan fingerprint density at radius 1 is 0.864 bits per heavy atom. The van der Waals surface area contributed by atoms with Crippen LogP contribution in [-0.2, 0) is 18.4 Å². The van der Waals surface area contributed by atoms with Crippen LogP contribution in [0.3, 0.4) is 0 Å². The number of halogens is 1. The highest BCUT2D eigenvalue weighted by molar-refractivity contribution is 5.27. The average Bonchev–Trinajstić information content (AvgIpc) is 2.48. The van der Waals surface area contributed by atoms with Crippen molar-refractivity contribution in [3.05, 3.63) is 71.0 Å². The molecule has 0 aliphatic carbocycles. The Morgan fingerprint density at radius 2 is 1.45 bits per heavy atom. The lowest BCUT2D eigenvalue weighted by molar-refractivity contribution is 0.589. The summed E-state index contributed by atoms with van der Waals surface area (Å²) in [5.41, 5.74) is 4.08. The number of hydrogen-bond donors (Lipinski definition) is 1. The van der Waals surface area contributed by atoms with Crippen molar-refractivity contribution >= 4 is 0 Å². The van der Waals surface area contributed by atoms with Crippen molar-refractivity contribution < 1.29 is 4.39 Å². The normalized spacial score (nSPS) is 11.6. The molecule has 118 valence electrons. The molecule has 2 aromatic carbocycles. The van der Waals surface area contributed by atoms with E-state index in [0.29, 0.717) is 0 Å². The lowest BCUT2D eigenvalue weighted by atomic mass is 9.87. The molecule has 0 aliphatic heterocycles. The first kappa shape index (κ1) is 16.7. The monoisotopic (exact) mass is 299 g/mol. The SMILES string of the molecule is CC(C)(C)c1ccc(CNCCCc2ccc(F)cc2)cc1. The minimum atomic E-state index is -0.166. The molecule has 22 heavy (non-hydrogen) atoms. The third-order valence-electron chi connectivity index (χ3n) is 3.88. The second-order valence-corrected chi connectivity index (χ2v) is 6.85. The van der Waals surface area contributed by atoms with Crippen LogP contribution in [0.5, 0.6) is 0 Å². The van der Waals surface area contributed by atoms with Gasteiger partial charge >= 0.3 is 0 Å². The van der Waals surface area contributed by atoms with Crippen LogP contribution >= 0.6 is 0 Å². The van der Waals surface area contributed by atoms with Gasteiger partial charge in [0.1, 0.15) is 5.82 Å². The van der Waals surface area contributed by atoms with Gasteiger partial charge in [-0.05, 0) is 53.6 Å². The zero-order valence-corrected chi connectivity index (χ0v) is 13.8. The van der Waals surface area contributed by atoms with E-state index in [1.165, 1.54) is 28.8 Å². The van der Waals surface area contributed by atoms with E-state index in [4.69, 9.17) is 0 Å². The maximum atomic E-state index is 12.8. The van der Waals surface area contributed by atoms with Crippen molar-refractivity contribution in [2.24, 2.45) is 0 Å². The maximum absolute atomic E-state index is 12.8. The van der Waals surface area contributed by atoms with Crippen molar-refractivity contribution in [1.29, 1.82) is 0 Å². The molecule has 2 aromatic rings. The van der Waals surface area contributed by atoms with E-state index < -0.39 is 0 Å². The Labute approximate surface area is 133 Å². The number of rotatable bonds is 6. The lowest BCUT2D eigenvalue weighted by Crippen LogP contribution is -2.16. The van der Waals surface area contributed by atoms with Gasteiger partial charge in [-0.15, -0.1) is 0 Å². The predicted molar refractivity (Wildman–Crippen MR) is 91.6 cm³/mol. The minimum absolute atomic E-state index is 0.166. The Morgan fingerprint density at radius 3 is 2.05 bits per heavy atom. The number of hydrogen-bond acceptors (Lipinski definition) is 1. The van der Waals surface area contributed by atoms with Gasteiger partial charge in [-0.3, -0.25) is 0 Å². The average molecular weight is 299 g/mol. The quantitative estimate of drug-likeness (QED) is 0.752. The predicted octanol–water partition coefficient (Wildman–Crippen LogP) is 4.85. The second kappa shape index (κ2) is 7.55. The van der Waals surface area contributed by atoms with Gasteiger partial charge in [0.05, 0.1) is 0 Å². The molecule has 0 amide bonds. The molecule has 0 bridgehead atoms. The first-order valence-electron chi connectivity index (χ1n) is 8.00. The summed E-state index contributed by atoms with van der Waals surface area (Å²) >= 11 is 0. The van der Waals surface area contributed by atoms with Crippen LogP contribution < -0.4 is 5.32 Å². The highest BCUT2D eigenvalue weighted by Gasteiger charge is 2.12. The van der Waals surface area contributed by atoms with Crippen LogP contribution in [-0.4, -0.2) is 6.54 Å². The molecule has 0 aliphatic rings. The lowest BCUT2D eigenvalue weighted by Gasteiger charge is -2.19. The molecule has 0 saturated heterocycles. The van der Waals surface area contributed by atoms with Crippen LogP contribution in [0.25, 0.3) is 0 Å². The molecule has 2 heteroatoms. The van der Waals surface area contributed by atoms with Gasteiger partial charge < -0.3 is 5.32 Å². The first-order valence-corrected chi connectivity index (χ1v) is 8.00. The van der Waals surface area contributed by atoms with Gasteiger partial charge in [-0.1, -0.05) is 57.2 Å². The summed E-state index contributed by atoms with van der Waals surface area (Å²) in [6.07, 6.45) is 2.04. The Bertz CT molecular complexity index is 564. The molecular formula is C20H26FN. The van der Waals surface area contributed by atoms with E-state index in [-0.39, 0.29) is 11.2 Å². The zero-order chi connectivity index (χ0) is 16.0. The number of benzene rings is 2. The van der Waals surface area contributed by atoms with E-state index in [1.54, 1.807) is 0 Å². The van der Waals surface area contributed by atoms with Crippen LogP contribution in [0.4, 0.5) is 4.39 Å². The van der Waals surface area contributed by atoms with Crippen LogP contribution in [0.15, 0.2) is 48.5 Å². The van der Waals surface area contributed by atoms with E-state index in [9.17, 15) is 4.39 Å². The molecule has 1 N–H and O–H groups in total. The molecular weight excluding hydrogens is 273 g/mol. The van der Waals surface area contributed by atoms with E-state index in [1.807, 2.05) is 12.1 Å². The summed E-state index contributed by atoms with van der Waals surface area (Å²) in [5, 5.41) is 3.47. The molecule has 1 nitrogen and oxygen atoms in total. The zero-order valence-electron chi connectivity index (χ0n) is 13.8. The maximum Gasteiger partial charge on any atom is 0.123 e. The molecule has 0 radical (unpaired) electrons. The molecule has 0 spiro atoms. The fourth-order valence-corrected chi connectivity index (χ4v) is 2.42. The third kappa shape index (κ3) is 5.27. The largest absolute Gasteiger partial charge is 0.313 e.